The number of hydrogen-bond donors (Lipinski definition) is 3. The standard InChI is InChI=1S/C35H40N2O6S/c1-24-32(22-37(3)25(2)33(39)27-10-6-4-7-11-27)42-35(43-34(24)28-16-14-26(23-38)15-17-28)29-18-20-30(21-19-29)36-44(40,41)31-12-8-5-9-13-31/h4-21,24-25,32-36,38-39H,22-23H2,1-3H3/t24-,25+,32+,33+,34+,35+/m1/s1. The highest BCUT2D eigenvalue weighted by Gasteiger charge is 2.39. The number of hydrogen-bond acceptors (Lipinski definition) is 7. The van der Waals surface area contributed by atoms with Gasteiger partial charge in [-0.05, 0) is 54.9 Å². The SMILES string of the molecule is C[C@@H]1[C@H](CN(C)[C@@H](C)[C@H](O)c2ccccc2)O[C@H](c2ccc(NS(=O)(=O)c3ccccc3)cc2)O[C@@H]1c1ccc(CO)cc1. The molecule has 0 aliphatic carbocycles. The van der Waals surface area contributed by atoms with Gasteiger partial charge < -0.3 is 19.7 Å². The van der Waals surface area contributed by atoms with Crippen LogP contribution in [0.15, 0.2) is 114 Å². The molecule has 0 radical (unpaired) electrons. The van der Waals surface area contributed by atoms with E-state index in [0.717, 1.165) is 22.3 Å². The van der Waals surface area contributed by atoms with Gasteiger partial charge in [0.1, 0.15) is 0 Å². The van der Waals surface area contributed by atoms with Crippen molar-refractivity contribution < 1.29 is 28.1 Å². The van der Waals surface area contributed by atoms with Gasteiger partial charge in [0.25, 0.3) is 10.0 Å². The molecule has 0 saturated carbocycles. The number of sulfonamides is 1. The highest BCUT2D eigenvalue weighted by atomic mass is 32.2. The number of rotatable bonds is 11. The van der Waals surface area contributed by atoms with Crippen LogP contribution >= 0.6 is 0 Å². The lowest BCUT2D eigenvalue weighted by Gasteiger charge is -2.43. The quantitative estimate of drug-likeness (QED) is 0.195. The van der Waals surface area contributed by atoms with Crippen LogP contribution in [-0.4, -0.2) is 49.3 Å². The third kappa shape index (κ3) is 7.38. The predicted octanol–water partition coefficient (Wildman–Crippen LogP) is 5.83. The Bertz CT molecular complexity index is 1580. The molecule has 4 aromatic carbocycles. The minimum absolute atomic E-state index is 0.0355. The molecule has 1 fully saturated rings. The van der Waals surface area contributed by atoms with Gasteiger partial charge >= 0.3 is 0 Å². The molecule has 44 heavy (non-hydrogen) atoms. The summed E-state index contributed by atoms with van der Waals surface area (Å²) in [5.74, 6) is -0.0355. The van der Waals surface area contributed by atoms with Crippen molar-refractivity contribution in [3.63, 3.8) is 0 Å². The Morgan fingerprint density at radius 3 is 2.05 bits per heavy atom. The number of anilines is 1. The van der Waals surface area contributed by atoms with E-state index in [1.54, 1.807) is 54.6 Å². The van der Waals surface area contributed by atoms with E-state index in [1.165, 1.54) is 0 Å². The number of nitrogens with one attached hydrogen (secondary N) is 1. The Labute approximate surface area is 259 Å². The molecular formula is C35H40N2O6S. The average molecular weight is 617 g/mol. The maximum absolute atomic E-state index is 12.8. The van der Waals surface area contributed by atoms with Crippen molar-refractivity contribution in [1.82, 2.24) is 4.90 Å². The molecule has 0 aromatic heterocycles. The zero-order valence-corrected chi connectivity index (χ0v) is 26.0. The van der Waals surface area contributed by atoms with Gasteiger partial charge in [0.2, 0.25) is 0 Å². The van der Waals surface area contributed by atoms with Crippen LogP contribution in [0.1, 0.15) is 54.6 Å². The van der Waals surface area contributed by atoms with Crippen molar-refractivity contribution in [2.45, 2.75) is 56.0 Å². The summed E-state index contributed by atoms with van der Waals surface area (Å²) in [5, 5.41) is 20.6. The molecule has 0 bridgehead atoms. The summed E-state index contributed by atoms with van der Waals surface area (Å²) in [7, 11) is -1.74. The summed E-state index contributed by atoms with van der Waals surface area (Å²) >= 11 is 0. The number of benzene rings is 4. The normalized spacial score (nSPS) is 22.0. The van der Waals surface area contributed by atoms with E-state index in [9.17, 15) is 18.6 Å². The molecule has 0 amide bonds. The Morgan fingerprint density at radius 1 is 0.841 bits per heavy atom. The van der Waals surface area contributed by atoms with E-state index < -0.39 is 22.4 Å². The van der Waals surface area contributed by atoms with Crippen molar-refractivity contribution in [3.8, 4) is 0 Å². The fraction of sp³-hybridized carbons (Fsp3) is 0.314. The highest BCUT2D eigenvalue weighted by molar-refractivity contribution is 7.92. The van der Waals surface area contributed by atoms with Gasteiger partial charge in [0, 0.05) is 29.8 Å². The van der Waals surface area contributed by atoms with E-state index in [4.69, 9.17) is 9.47 Å². The van der Waals surface area contributed by atoms with Gasteiger partial charge in [-0.25, -0.2) is 8.42 Å². The van der Waals surface area contributed by atoms with Crippen LogP contribution in [0.2, 0.25) is 0 Å². The molecule has 1 saturated heterocycles. The minimum atomic E-state index is -3.72. The van der Waals surface area contributed by atoms with Gasteiger partial charge in [-0.15, -0.1) is 0 Å². The van der Waals surface area contributed by atoms with E-state index in [0.29, 0.717) is 12.2 Å². The molecule has 9 heteroatoms. The maximum atomic E-state index is 12.8. The van der Waals surface area contributed by atoms with Gasteiger partial charge in [-0.1, -0.05) is 91.9 Å². The van der Waals surface area contributed by atoms with Crippen molar-refractivity contribution in [3.05, 3.63) is 131 Å². The first-order chi connectivity index (χ1) is 21.2. The van der Waals surface area contributed by atoms with Crippen LogP contribution in [0.5, 0.6) is 0 Å². The van der Waals surface area contributed by atoms with Gasteiger partial charge in [-0.2, -0.15) is 0 Å². The maximum Gasteiger partial charge on any atom is 0.261 e. The molecule has 4 aromatic rings. The average Bonchev–Trinajstić information content (AvgIpc) is 3.06. The van der Waals surface area contributed by atoms with Crippen LogP contribution in [-0.2, 0) is 26.1 Å². The monoisotopic (exact) mass is 616 g/mol. The summed E-state index contributed by atoms with van der Waals surface area (Å²) in [4.78, 5) is 2.29. The Hall–Kier alpha value is -3.57. The van der Waals surface area contributed by atoms with Gasteiger partial charge in [0.05, 0.1) is 29.8 Å². The highest BCUT2D eigenvalue weighted by Crippen LogP contribution is 2.42. The fourth-order valence-corrected chi connectivity index (χ4v) is 6.55. The van der Waals surface area contributed by atoms with Crippen LogP contribution < -0.4 is 4.72 Å². The van der Waals surface area contributed by atoms with Crippen molar-refractivity contribution in [2.75, 3.05) is 18.3 Å². The molecule has 1 aliphatic rings. The topological polar surface area (TPSA) is 108 Å². The molecular weight excluding hydrogens is 576 g/mol. The zero-order valence-electron chi connectivity index (χ0n) is 25.2. The summed E-state index contributed by atoms with van der Waals surface area (Å²) in [6.07, 6.45) is -1.92. The van der Waals surface area contributed by atoms with Crippen LogP contribution in [0.25, 0.3) is 0 Å². The number of aliphatic hydroxyl groups excluding tert-OH is 2. The minimum Gasteiger partial charge on any atom is -0.392 e. The van der Waals surface area contributed by atoms with Crippen LogP contribution in [0.3, 0.4) is 0 Å². The van der Waals surface area contributed by atoms with E-state index in [2.05, 4.69) is 16.5 Å². The first-order valence-corrected chi connectivity index (χ1v) is 16.3. The predicted molar refractivity (Wildman–Crippen MR) is 170 cm³/mol. The fourth-order valence-electron chi connectivity index (χ4n) is 5.47. The van der Waals surface area contributed by atoms with Gasteiger partial charge in [-0.3, -0.25) is 9.62 Å². The lowest BCUT2D eigenvalue weighted by atomic mass is 9.89. The largest absolute Gasteiger partial charge is 0.392 e. The lowest BCUT2D eigenvalue weighted by molar-refractivity contribution is -0.276. The second kappa shape index (κ2) is 14.0. The molecule has 5 rings (SSSR count). The van der Waals surface area contributed by atoms with E-state index in [1.807, 2.05) is 68.6 Å². The first kappa shape index (κ1) is 31.8. The molecule has 8 nitrogen and oxygen atoms in total. The first-order valence-electron chi connectivity index (χ1n) is 14.8. The lowest BCUT2D eigenvalue weighted by Crippen LogP contribution is -2.46. The molecule has 0 unspecified atom stereocenters. The van der Waals surface area contributed by atoms with Gasteiger partial charge in [0.15, 0.2) is 6.29 Å². The van der Waals surface area contributed by atoms with Crippen LogP contribution in [0, 0.1) is 5.92 Å². The molecule has 1 heterocycles. The second-order valence-electron chi connectivity index (χ2n) is 11.4. The number of likely N-dealkylation sites (N-methyl/N-ethyl adjacent to an activating group) is 1. The van der Waals surface area contributed by atoms with Crippen molar-refractivity contribution in [1.29, 1.82) is 0 Å². The van der Waals surface area contributed by atoms with E-state index in [-0.39, 0.29) is 35.7 Å². The third-order valence-electron chi connectivity index (χ3n) is 8.37. The zero-order chi connectivity index (χ0) is 31.3. The number of ether oxygens (including phenoxy) is 2. The summed E-state index contributed by atoms with van der Waals surface area (Å²) in [5.41, 5.74) is 3.83. The molecule has 0 spiro atoms. The van der Waals surface area contributed by atoms with Crippen LogP contribution in [0.4, 0.5) is 5.69 Å². The Balaban J connectivity index is 1.36. The van der Waals surface area contributed by atoms with E-state index >= 15 is 0 Å². The summed E-state index contributed by atoms with van der Waals surface area (Å²) in [6, 6.07) is 32.4. The molecule has 6 atom stereocenters. The summed E-state index contributed by atoms with van der Waals surface area (Å²) < 4.78 is 41.4. The Kier molecular flexibility index (Phi) is 10.2. The van der Waals surface area contributed by atoms with Crippen molar-refractivity contribution >= 4 is 15.7 Å². The summed E-state index contributed by atoms with van der Waals surface area (Å²) in [6.45, 7) is 4.60. The second-order valence-corrected chi connectivity index (χ2v) is 13.1. The third-order valence-corrected chi connectivity index (χ3v) is 9.77. The number of nitrogens with zero attached hydrogens (tertiary/aromatic N) is 1. The molecule has 1 aliphatic heterocycles. The smallest absolute Gasteiger partial charge is 0.261 e. The number of aliphatic hydroxyl groups is 2. The Morgan fingerprint density at radius 2 is 1.43 bits per heavy atom. The molecule has 3 N–H and O–H groups in total. The van der Waals surface area contributed by atoms with Crippen molar-refractivity contribution in [2.24, 2.45) is 5.92 Å². The molecule has 232 valence electrons.